The fourth-order valence-corrected chi connectivity index (χ4v) is 3.40. The molecule has 1 heterocycles. The van der Waals surface area contributed by atoms with Crippen LogP contribution in [0.1, 0.15) is 25.3 Å². The van der Waals surface area contributed by atoms with Crippen molar-refractivity contribution >= 4 is 40.8 Å². The number of Topliss-reactive ketones (excluding diaryl/α,β-unsaturated/α-hetero) is 3. The molecule has 1 aromatic carbocycles. The number of benzene rings is 1. The molecule has 1 aromatic heterocycles. The van der Waals surface area contributed by atoms with Crippen LogP contribution in [0.5, 0.6) is 17.2 Å². The van der Waals surface area contributed by atoms with E-state index in [0.29, 0.717) is 40.9 Å². The fourth-order valence-electron chi connectivity index (χ4n) is 3.40. The number of ketones is 3. The van der Waals surface area contributed by atoms with E-state index in [1.54, 1.807) is 30.5 Å². The monoisotopic (exact) mass is 467 g/mol. The number of aromatic nitrogens is 1. The third-order valence-corrected chi connectivity index (χ3v) is 5.03. The summed E-state index contributed by atoms with van der Waals surface area (Å²) in [5.41, 5.74) is 1.21. The molecule has 1 unspecified atom stereocenters. The van der Waals surface area contributed by atoms with Gasteiger partial charge in [-0.2, -0.15) is 0 Å². The minimum atomic E-state index is -1.07. The van der Waals surface area contributed by atoms with Crippen LogP contribution in [-0.4, -0.2) is 55.1 Å². The third-order valence-electron chi connectivity index (χ3n) is 5.03. The summed E-state index contributed by atoms with van der Waals surface area (Å²) in [6.07, 6.45) is 4.38. The number of rotatable bonds is 9. The summed E-state index contributed by atoms with van der Waals surface area (Å²) < 4.78 is 16.4. The molecule has 2 N–H and O–H groups in total. The fraction of sp³-hybridized carbons (Fsp3) is 0.292. The van der Waals surface area contributed by atoms with Crippen LogP contribution in [0.4, 0.5) is 11.5 Å². The second-order valence-electron chi connectivity index (χ2n) is 7.26. The van der Waals surface area contributed by atoms with Gasteiger partial charge in [0, 0.05) is 42.1 Å². The molecule has 0 spiro atoms. The number of carbonyl (C=O) groups excluding carboxylic acids is 4. The van der Waals surface area contributed by atoms with Gasteiger partial charge in [0.25, 0.3) is 5.78 Å². The van der Waals surface area contributed by atoms with Gasteiger partial charge < -0.3 is 24.8 Å². The largest absolute Gasteiger partial charge is 0.493 e. The summed E-state index contributed by atoms with van der Waals surface area (Å²) in [6, 6.07) is 5.92. The number of carbonyl (C=O) groups is 4. The number of hydrogen-bond acceptors (Lipinski definition) is 9. The highest BCUT2D eigenvalue weighted by Crippen LogP contribution is 2.41. The number of nitrogens with zero attached hydrogens (tertiary/aromatic N) is 1. The lowest BCUT2D eigenvalue weighted by Crippen LogP contribution is -2.48. The predicted molar refractivity (Wildman–Crippen MR) is 123 cm³/mol. The molecule has 1 fully saturated rings. The zero-order valence-electron chi connectivity index (χ0n) is 19.0. The molecule has 0 radical (unpaired) electrons. The van der Waals surface area contributed by atoms with Crippen molar-refractivity contribution in [3.05, 3.63) is 42.1 Å². The van der Waals surface area contributed by atoms with Crippen LogP contribution in [0.3, 0.4) is 0 Å². The molecule has 1 aliphatic carbocycles. The van der Waals surface area contributed by atoms with Crippen LogP contribution in [0.25, 0.3) is 6.08 Å². The van der Waals surface area contributed by atoms with Crippen LogP contribution >= 0.6 is 0 Å². The van der Waals surface area contributed by atoms with Gasteiger partial charge >= 0.3 is 0 Å². The molecule has 3 rings (SSSR count). The van der Waals surface area contributed by atoms with E-state index in [9.17, 15) is 19.2 Å². The van der Waals surface area contributed by atoms with Crippen LogP contribution < -0.4 is 24.8 Å². The zero-order chi connectivity index (χ0) is 24.7. The highest BCUT2D eigenvalue weighted by atomic mass is 16.5. The quantitative estimate of drug-likeness (QED) is 0.421. The van der Waals surface area contributed by atoms with Crippen molar-refractivity contribution in [1.29, 1.82) is 0 Å². The molecule has 0 aliphatic heterocycles. The van der Waals surface area contributed by atoms with Crippen LogP contribution in [0.15, 0.2) is 36.5 Å². The maximum absolute atomic E-state index is 12.3. The lowest BCUT2D eigenvalue weighted by atomic mass is 9.92. The normalized spacial score (nSPS) is 15.9. The first-order valence-corrected chi connectivity index (χ1v) is 10.6. The number of hydrogen-bond donors (Lipinski definition) is 2. The van der Waals surface area contributed by atoms with E-state index in [-0.39, 0.29) is 12.8 Å². The van der Waals surface area contributed by atoms with Crippen molar-refractivity contribution < 1.29 is 33.4 Å². The first kappa shape index (κ1) is 24.4. The van der Waals surface area contributed by atoms with Crippen LogP contribution in [0, 0.1) is 0 Å². The Hall–Kier alpha value is -4.21. The standard InChI is InChI=1S/C24H25N3O7/c1-4-34-19-13-15(12-18(32-2)23(19)33-3)26-24-14(6-5-11-25-24)7-10-20(29)27-16-8-9-17(28)22(31)21(16)30/h5-7,10-13,16H,4,8-9H2,1-3H3,(H,25,26)(H,27,29)/b10-7+. The zero-order valence-corrected chi connectivity index (χ0v) is 19.0. The van der Waals surface area contributed by atoms with E-state index in [2.05, 4.69) is 15.6 Å². The summed E-state index contributed by atoms with van der Waals surface area (Å²) in [6.45, 7) is 2.28. The highest BCUT2D eigenvalue weighted by molar-refractivity contribution is 6.65. The minimum absolute atomic E-state index is 0.0645. The van der Waals surface area contributed by atoms with Crippen molar-refractivity contribution in [2.45, 2.75) is 25.8 Å². The van der Waals surface area contributed by atoms with Crippen LogP contribution in [-0.2, 0) is 19.2 Å². The van der Waals surface area contributed by atoms with Crippen molar-refractivity contribution in [1.82, 2.24) is 10.3 Å². The second-order valence-corrected chi connectivity index (χ2v) is 7.26. The average Bonchev–Trinajstić information content (AvgIpc) is 2.83. The minimum Gasteiger partial charge on any atom is -0.493 e. The summed E-state index contributed by atoms with van der Waals surface area (Å²) >= 11 is 0. The maximum atomic E-state index is 12.3. The molecular weight excluding hydrogens is 442 g/mol. The summed E-state index contributed by atoms with van der Waals surface area (Å²) in [5.74, 6) is -1.38. The Morgan fingerprint density at radius 3 is 2.65 bits per heavy atom. The number of ether oxygens (including phenoxy) is 3. The molecule has 0 bridgehead atoms. The molecule has 2 aromatic rings. The summed E-state index contributed by atoms with van der Waals surface area (Å²) in [4.78, 5) is 51.5. The first-order chi connectivity index (χ1) is 16.4. The molecule has 10 nitrogen and oxygen atoms in total. The number of anilines is 2. The lowest BCUT2D eigenvalue weighted by Gasteiger charge is -2.19. The smallest absolute Gasteiger partial charge is 0.266 e. The number of nitrogens with one attached hydrogen (secondary N) is 2. The van der Waals surface area contributed by atoms with E-state index in [1.165, 1.54) is 26.4 Å². The van der Waals surface area contributed by atoms with Crippen LogP contribution in [0.2, 0.25) is 0 Å². The third kappa shape index (κ3) is 5.58. The van der Waals surface area contributed by atoms with Crippen molar-refractivity contribution in [2.24, 2.45) is 0 Å². The van der Waals surface area contributed by atoms with Gasteiger partial charge in [-0.25, -0.2) is 4.98 Å². The molecule has 34 heavy (non-hydrogen) atoms. The molecule has 1 atom stereocenters. The van der Waals surface area contributed by atoms with Gasteiger partial charge in [-0.3, -0.25) is 19.2 Å². The number of methoxy groups -OCH3 is 2. The Bertz CT molecular complexity index is 1140. The van der Waals surface area contributed by atoms with Crippen molar-refractivity contribution in [2.75, 3.05) is 26.1 Å². The summed E-state index contributed by atoms with van der Waals surface area (Å²) in [5, 5.41) is 5.65. The Labute approximate surface area is 196 Å². The van der Waals surface area contributed by atoms with Crippen molar-refractivity contribution in [3.63, 3.8) is 0 Å². The van der Waals surface area contributed by atoms with Gasteiger partial charge in [0.2, 0.25) is 23.2 Å². The van der Waals surface area contributed by atoms with Gasteiger partial charge in [0.05, 0.1) is 26.9 Å². The molecule has 1 saturated carbocycles. The first-order valence-electron chi connectivity index (χ1n) is 10.6. The average molecular weight is 467 g/mol. The summed E-state index contributed by atoms with van der Waals surface area (Å²) in [7, 11) is 3.04. The number of amides is 1. The number of pyridine rings is 1. The van der Waals surface area contributed by atoms with Gasteiger partial charge in [0.15, 0.2) is 11.5 Å². The van der Waals surface area contributed by atoms with E-state index in [0.717, 1.165) is 0 Å². The SMILES string of the molecule is CCOc1cc(Nc2ncccc2/C=C/C(=O)NC2CCC(=O)C(=O)C2=O)cc(OC)c1OC. The van der Waals surface area contributed by atoms with E-state index in [4.69, 9.17) is 14.2 Å². The molecule has 10 heteroatoms. The lowest BCUT2D eigenvalue weighted by molar-refractivity contribution is -0.147. The Kier molecular flexibility index (Phi) is 7.96. The predicted octanol–water partition coefficient (Wildman–Crippen LogP) is 2.24. The van der Waals surface area contributed by atoms with Crippen molar-refractivity contribution in [3.8, 4) is 17.2 Å². The highest BCUT2D eigenvalue weighted by Gasteiger charge is 2.35. The Morgan fingerprint density at radius 2 is 1.94 bits per heavy atom. The second kappa shape index (κ2) is 11.1. The van der Waals surface area contributed by atoms with Gasteiger partial charge in [-0.1, -0.05) is 0 Å². The Morgan fingerprint density at radius 1 is 1.18 bits per heavy atom. The molecule has 178 valence electrons. The van der Waals surface area contributed by atoms with Gasteiger partial charge in [0.1, 0.15) is 5.82 Å². The van der Waals surface area contributed by atoms with Gasteiger partial charge in [-0.05, 0) is 31.6 Å². The van der Waals surface area contributed by atoms with Gasteiger partial charge in [-0.15, -0.1) is 0 Å². The molecule has 1 aliphatic rings. The van der Waals surface area contributed by atoms with E-state index in [1.807, 2.05) is 6.92 Å². The Balaban J connectivity index is 1.77. The topological polar surface area (TPSA) is 133 Å². The molecular formula is C24H25N3O7. The van der Waals surface area contributed by atoms with E-state index < -0.39 is 29.3 Å². The van der Waals surface area contributed by atoms with E-state index >= 15 is 0 Å². The molecule has 1 amide bonds. The maximum Gasteiger partial charge on any atom is 0.266 e. The molecule has 0 saturated heterocycles.